The molecule has 0 aliphatic heterocycles. The number of hydrogen-bond donors (Lipinski definition) is 3. The second kappa shape index (κ2) is 5.51. The van der Waals surface area contributed by atoms with Crippen LogP contribution in [0.3, 0.4) is 0 Å². The molecule has 0 aromatic heterocycles. The molecule has 0 unspecified atom stereocenters. The number of aliphatic carboxylic acids is 1. The summed E-state index contributed by atoms with van der Waals surface area (Å²) >= 11 is 0. The summed E-state index contributed by atoms with van der Waals surface area (Å²) in [5, 5.41) is 11.3. The fourth-order valence-corrected chi connectivity index (χ4v) is 1.42. The molecule has 1 aliphatic rings. The standard InChI is InChI=1S/C10H17N3O4/c1-13(6-2-3-6)10(17)12-7(9(15)16)4-5-8(11)14/h6-7H,2-5H2,1H3,(H2,11,14)(H,12,17)(H,15,16)/t7-/m0/s1. The van der Waals surface area contributed by atoms with Crippen molar-refractivity contribution in [1.29, 1.82) is 0 Å². The molecule has 3 amide bonds. The predicted molar refractivity (Wildman–Crippen MR) is 59.2 cm³/mol. The van der Waals surface area contributed by atoms with Crippen LogP contribution in [0.5, 0.6) is 0 Å². The van der Waals surface area contributed by atoms with E-state index >= 15 is 0 Å². The van der Waals surface area contributed by atoms with Crippen molar-refractivity contribution in [2.45, 2.75) is 37.8 Å². The average molecular weight is 243 g/mol. The molecule has 96 valence electrons. The lowest BCUT2D eigenvalue weighted by atomic mass is 10.1. The number of nitrogens with zero attached hydrogens (tertiary/aromatic N) is 1. The van der Waals surface area contributed by atoms with Gasteiger partial charge in [0.25, 0.3) is 0 Å². The first-order chi connectivity index (χ1) is 7.91. The van der Waals surface area contributed by atoms with Gasteiger partial charge in [-0.15, -0.1) is 0 Å². The van der Waals surface area contributed by atoms with Gasteiger partial charge in [-0.3, -0.25) is 4.79 Å². The largest absolute Gasteiger partial charge is 0.480 e. The molecule has 17 heavy (non-hydrogen) atoms. The topological polar surface area (TPSA) is 113 Å². The van der Waals surface area contributed by atoms with Crippen molar-refractivity contribution in [3.05, 3.63) is 0 Å². The highest BCUT2D eigenvalue weighted by molar-refractivity contribution is 5.83. The number of carboxylic acids is 1. The number of nitrogens with two attached hydrogens (primary N) is 1. The smallest absolute Gasteiger partial charge is 0.326 e. The Morgan fingerprint density at radius 3 is 2.47 bits per heavy atom. The van der Waals surface area contributed by atoms with Crippen LogP contribution in [0.4, 0.5) is 4.79 Å². The molecule has 1 rings (SSSR count). The van der Waals surface area contributed by atoms with Crippen LogP contribution in [0.15, 0.2) is 0 Å². The summed E-state index contributed by atoms with van der Waals surface area (Å²) in [5.41, 5.74) is 4.93. The summed E-state index contributed by atoms with van der Waals surface area (Å²) in [6.07, 6.45) is 1.84. The zero-order valence-electron chi connectivity index (χ0n) is 9.68. The van der Waals surface area contributed by atoms with Crippen molar-refractivity contribution >= 4 is 17.9 Å². The molecular weight excluding hydrogens is 226 g/mol. The van der Waals surface area contributed by atoms with Crippen LogP contribution in [0.25, 0.3) is 0 Å². The maximum Gasteiger partial charge on any atom is 0.326 e. The summed E-state index contributed by atoms with van der Waals surface area (Å²) in [6.45, 7) is 0. The van der Waals surface area contributed by atoms with Gasteiger partial charge in [0.05, 0.1) is 0 Å². The van der Waals surface area contributed by atoms with Crippen molar-refractivity contribution in [1.82, 2.24) is 10.2 Å². The molecule has 4 N–H and O–H groups in total. The van der Waals surface area contributed by atoms with Crippen LogP contribution in [-0.4, -0.2) is 47.0 Å². The number of carbonyl (C=O) groups is 3. The summed E-state index contributed by atoms with van der Waals surface area (Å²) in [7, 11) is 1.62. The number of rotatable bonds is 6. The number of carboxylic acid groups (broad SMARTS) is 1. The maximum absolute atomic E-state index is 11.6. The molecule has 7 nitrogen and oxygen atoms in total. The van der Waals surface area contributed by atoms with Crippen LogP contribution in [0, 0.1) is 0 Å². The number of carbonyl (C=O) groups excluding carboxylic acids is 2. The molecule has 1 fully saturated rings. The van der Waals surface area contributed by atoms with Gasteiger partial charge in [-0.05, 0) is 19.3 Å². The average Bonchev–Trinajstić information content (AvgIpc) is 3.05. The van der Waals surface area contributed by atoms with E-state index in [0.717, 1.165) is 12.8 Å². The zero-order chi connectivity index (χ0) is 13.0. The quantitative estimate of drug-likeness (QED) is 0.584. The van der Waals surface area contributed by atoms with E-state index in [4.69, 9.17) is 10.8 Å². The molecule has 0 radical (unpaired) electrons. The summed E-state index contributed by atoms with van der Waals surface area (Å²) in [4.78, 5) is 34.5. The Morgan fingerprint density at radius 1 is 1.47 bits per heavy atom. The van der Waals surface area contributed by atoms with Gasteiger partial charge < -0.3 is 21.1 Å². The van der Waals surface area contributed by atoms with Crippen LogP contribution >= 0.6 is 0 Å². The van der Waals surface area contributed by atoms with Crippen molar-refractivity contribution < 1.29 is 19.5 Å². The lowest BCUT2D eigenvalue weighted by Gasteiger charge is -2.20. The van der Waals surface area contributed by atoms with E-state index in [-0.39, 0.29) is 18.9 Å². The molecule has 1 aliphatic carbocycles. The molecule has 0 aromatic rings. The number of nitrogens with one attached hydrogen (secondary N) is 1. The van der Waals surface area contributed by atoms with Crippen molar-refractivity contribution in [3.8, 4) is 0 Å². The lowest BCUT2D eigenvalue weighted by Crippen LogP contribution is -2.47. The van der Waals surface area contributed by atoms with Gasteiger partial charge in [-0.25, -0.2) is 9.59 Å². The van der Waals surface area contributed by atoms with Gasteiger partial charge in [0, 0.05) is 19.5 Å². The third kappa shape index (κ3) is 4.29. The number of urea groups is 1. The van der Waals surface area contributed by atoms with Crippen LogP contribution in [-0.2, 0) is 9.59 Å². The van der Waals surface area contributed by atoms with E-state index in [2.05, 4.69) is 5.32 Å². The Morgan fingerprint density at radius 2 is 2.06 bits per heavy atom. The van der Waals surface area contributed by atoms with Crippen molar-refractivity contribution in [2.75, 3.05) is 7.05 Å². The Bertz CT molecular complexity index is 328. The lowest BCUT2D eigenvalue weighted by molar-refractivity contribution is -0.139. The third-order valence-electron chi connectivity index (χ3n) is 2.69. The molecular formula is C10H17N3O4. The van der Waals surface area contributed by atoms with E-state index in [1.807, 2.05) is 0 Å². The molecule has 1 atom stereocenters. The molecule has 0 spiro atoms. The Labute approximate surface area is 98.9 Å². The van der Waals surface area contributed by atoms with Crippen molar-refractivity contribution in [3.63, 3.8) is 0 Å². The molecule has 7 heteroatoms. The minimum absolute atomic E-state index is 0.00884. The van der Waals surface area contributed by atoms with Gasteiger partial charge in [0.2, 0.25) is 5.91 Å². The maximum atomic E-state index is 11.6. The Kier molecular flexibility index (Phi) is 4.30. The normalized spacial score (nSPS) is 16.1. The highest BCUT2D eigenvalue weighted by Crippen LogP contribution is 2.25. The first kappa shape index (κ1) is 13.3. The highest BCUT2D eigenvalue weighted by atomic mass is 16.4. The number of amides is 3. The molecule has 1 saturated carbocycles. The van der Waals surface area contributed by atoms with Crippen molar-refractivity contribution in [2.24, 2.45) is 5.73 Å². The van der Waals surface area contributed by atoms with Crippen LogP contribution in [0.2, 0.25) is 0 Å². The Balaban J connectivity index is 2.44. The molecule has 0 aromatic carbocycles. The van der Waals surface area contributed by atoms with Crippen LogP contribution in [0.1, 0.15) is 25.7 Å². The van der Waals surface area contributed by atoms with E-state index < -0.39 is 23.9 Å². The van der Waals surface area contributed by atoms with Crippen LogP contribution < -0.4 is 11.1 Å². The second-order valence-corrected chi connectivity index (χ2v) is 4.19. The highest BCUT2D eigenvalue weighted by Gasteiger charge is 2.31. The monoisotopic (exact) mass is 243 g/mol. The Hall–Kier alpha value is -1.79. The molecule has 0 bridgehead atoms. The number of hydrogen-bond acceptors (Lipinski definition) is 3. The first-order valence-electron chi connectivity index (χ1n) is 5.46. The third-order valence-corrected chi connectivity index (χ3v) is 2.69. The summed E-state index contributed by atoms with van der Waals surface area (Å²) in [5.74, 6) is -1.75. The minimum atomic E-state index is -1.16. The van der Waals surface area contributed by atoms with Gasteiger partial charge in [0.15, 0.2) is 0 Å². The molecule has 0 heterocycles. The SMILES string of the molecule is CN(C(=O)N[C@@H](CCC(N)=O)C(=O)O)C1CC1. The minimum Gasteiger partial charge on any atom is -0.480 e. The van der Waals surface area contributed by atoms with E-state index in [1.54, 1.807) is 7.05 Å². The van der Waals surface area contributed by atoms with E-state index in [1.165, 1.54) is 4.90 Å². The van der Waals surface area contributed by atoms with E-state index in [0.29, 0.717) is 0 Å². The van der Waals surface area contributed by atoms with E-state index in [9.17, 15) is 14.4 Å². The van der Waals surface area contributed by atoms with Gasteiger partial charge in [-0.2, -0.15) is 0 Å². The number of primary amides is 1. The van der Waals surface area contributed by atoms with Gasteiger partial charge in [0.1, 0.15) is 6.04 Å². The van der Waals surface area contributed by atoms with Gasteiger partial charge in [-0.1, -0.05) is 0 Å². The fraction of sp³-hybridized carbons (Fsp3) is 0.700. The first-order valence-corrected chi connectivity index (χ1v) is 5.46. The summed E-state index contributed by atoms with van der Waals surface area (Å²) in [6, 6.07) is -1.29. The van der Waals surface area contributed by atoms with Gasteiger partial charge >= 0.3 is 12.0 Å². The molecule has 0 saturated heterocycles. The summed E-state index contributed by atoms with van der Waals surface area (Å²) < 4.78 is 0. The zero-order valence-corrected chi connectivity index (χ0v) is 9.68. The second-order valence-electron chi connectivity index (χ2n) is 4.19. The predicted octanol–water partition coefficient (Wildman–Crippen LogP) is -0.491. The fourth-order valence-electron chi connectivity index (χ4n) is 1.42.